The average molecular weight is 166 g/mol. The van der Waals surface area contributed by atoms with E-state index < -0.39 is 5.60 Å². The van der Waals surface area contributed by atoms with Crippen LogP contribution in [0.25, 0.3) is 0 Å². The van der Waals surface area contributed by atoms with E-state index in [4.69, 9.17) is 6.42 Å². The molecule has 1 unspecified atom stereocenters. The largest absolute Gasteiger partial charge is 0.386 e. The van der Waals surface area contributed by atoms with Gasteiger partial charge in [-0.15, -0.1) is 6.42 Å². The van der Waals surface area contributed by atoms with Gasteiger partial charge in [-0.25, -0.2) is 0 Å². The lowest BCUT2D eigenvalue weighted by Gasteiger charge is -2.22. The molecule has 0 aliphatic carbocycles. The molecule has 0 saturated heterocycles. The molecule has 68 valence electrons. The van der Waals surface area contributed by atoms with E-state index in [9.17, 15) is 5.11 Å². The molecular formula is C11H18O. The second-order valence-electron chi connectivity index (χ2n) is 3.76. The standard InChI is InChI=1S/C11H18O/c1-7-8(2)9(3)10(4)11(5,6)12/h1,8,12H,2-6H3/b10-9-. The quantitative estimate of drug-likeness (QED) is 0.493. The van der Waals surface area contributed by atoms with Crippen LogP contribution in [0.15, 0.2) is 11.1 Å². The van der Waals surface area contributed by atoms with Crippen molar-refractivity contribution in [3.05, 3.63) is 11.1 Å². The van der Waals surface area contributed by atoms with E-state index in [1.807, 2.05) is 20.8 Å². The summed E-state index contributed by atoms with van der Waals surface area (Å²) in [7, 11) is 0. The lowest BCUT2D eigenvalue weighted by atomic mass is 9.89. The summed E-state index contributed by atoms with van der Waals surface area (Å²) in [6.45, 7) is 9.40. The van der Waals surface area contributed by atoms with Gasteiger partial charge in [0.1, 0.15) is 0 Å². The van der Waals surface area contributed by atoms with Gasteiger partial charge >= 0.3 is 0 Å². The fourth-order valence-corrected chi connectivity index (χ4v) is 0.932. The first kappa shape index (κ1) is 11.3. The molecule has 0 rings (SSSR count). The maximum atomic E-state index is 9.67. The Bertz CT molecular complexity index is 222. The summed E-state index contributed by atoms with van der Waals surface area (Å²) in [5.74, 6) is 2.76. The fourth-order valence-electron chi connectivity index (χ4n) is 0.932. The molecule has 1 heteroatoms. The summed E-state index contributed by atoms with van der Waals surface area (Å²) in [5, 5.41) is 9.67. The Morgan fingerprint density at radius 3 is 2.08 bits per heavy atom. The summed E-state index contributed by atoms with van der Waals surface area (Å²) in [6.07, 6.45) is 5.29. The molecule has 0 aliphatic heterocycles. The number of hydrogen-bond acceptors (Lipinski definition) is 1. The second kappa shape index (κ2) is 3.78. The molecule has 1 N–H and O–H groups in total. The molecule has 12 heavy (non-hydrogen) atoms. The van der Waals surface area contributed by atoms with Crippen LogP contribution in [0.4, 0.5) is 0 Å². The number of terminal acetylenes is 1. The first-order valence-electron chi connectivity index (χ1n) is 4.17. The average Bonchev–Trinajstić information content (AvgIpc) is 1.98. The molecule has 0 fully saturated rings. The zero-order valence-electron chi connectivity index (χ0n) is 8.60. The molecule has 1 atom stereocenters. The van der Waals surface area contributed by atoms with Crippen LogP contribution in [0.1, 0.15) is 34.6 Å². The Morgan fingerprint density at radius 1 is 1.42 bits per heavy atom. The van der Waals surface area contributed by atoms with E-state index in [1.165, 1.54) is 0 Å². The Hall–Kier alpha value is -0.740. The zero-order valence-corrected chi connectivity index (χ0v) is 8.60. The Balaban J connectivity index is 4.85. The normalized spacial score (nSPS) is 16.4. The highest BCUT2D eigenvalue weighted by Gasteiger charge is 2.18. The second-order valence-corrected chi connectivity index (χ2v) is 3.76. The molecule has 0 aromatic heterocycles. The van der Waals surface area contributed by atoms with Crippen molar-refractivity contribution < 1.29 is 5.11 Å². The Labute approximate surface area is 75.5 Å². The van der Waals surface area contributed by atoms with Crippen molar-refractivity contribution in [2.45, 2.75) is 40.2 Å². The molecule has 0 bridgehead atoms. The molecule has 0 saturated carbocycles. The maximum absolute atomic E-state index is 9.67. The van der Waals surface area contributed by atoms with E-state index in [-0.39, 0.29) is 5.92 Å². The monoisotopic (exact) mass is 166 g/mol. The van der Waals surface area contributed by atoms with Crippen molar-refractivity contribution in [2.75, 3.05) is 0 Å². The fraction of sp³-hybridized carbons (Fsp3) is 0.636. The number of allylic oxidation sites excluding steroid dienone is 1. The Morgan fingerprint density at radius 2 is 1.83 bits per heavy atom. The zero-order chi connectivity index (χ0) is 9.94. The van der Waals surface area contributed by atoms with Crippen molar-refractivity contribution in [3.63, 3.8) is 0 Å². The summed E-state index contributed by atoms with van der Waals surface area (Å²) in [5.41, 5.74) is 1.30. The minimum Gasteiger partial charge on any atom is -0.386 e. The predicted octanol–water partition coefficient (Wildman–Crippen LogP) is 2.36. The molecule has 0 aromatic carbocycles. The van der Waals surface area contributed by atoms with Gasteiger partial charge in [0, 0.05) is 5.92 Å². The molecule has 0 aliphatic rings. The summed E-state index contributed by atoms with van der Waals surface area (Å²) >= 11 is 0. The van der Waals surface area contributed by atoms with Gasteiger partial charge in [-0.05, 0) is 40.2 Å². The highest BCUT2D eigenvalue weighted by Crippen LogP contribution is 2.22. The molecule has 0 radical (unpaired) electrons. The third-order valence-corrected chi connectivity index (χ3v) is 2.41. The summed E-state index contributed by atoms with van der Waals surface area (Å²) in [6, 6.07) is 0. The van der Waals surface area contributed by atoms with Gasteiger partial charge in [-0.1, -0.05) is 11.5 Å². The number of hydrogen-bond donors (Lipinski definition) is 1. The minimum atomic E-state index is -0.755. The SMILES string of the molecule is C#CC(C)/C(C)=C(/C)C(C)(C)O. The molecular weight excluding hydrogens is 148 g/mol. The number of aliphatic hydroxyl groups is 1. The summed E-state index contributed by atoms with van der Waals surface area (Å²) in [4.78, 5) is 0. The van der Waals surface area contributed by atoms with Crippen molar-refractivity contribution in [1.82, 2.24) is 0 Å². The van der Waals surface area contributed by atoms with E-state index in [1.54, 1.807) is 13.8 Å². The van der Waals surface area contributed by atoms with Crippen LogP contribution >= 0.6 is 0 Å². The van der Waals surface area contributed by atoms with Crippen molar-refractivity contribution in [2.24, 2.45) is 5.92 Å². The predicted molar refractivity (Wildman–Crippen MR) is 52.7 cm³/mol. The maximum Gasteiger partial charge on any atom is 0.0800 e. The van der Waals surface area contributed by atoms with Gasteiger partial charge in [0.15, 0.2) is 0 Å². The van der Waals surface area contributed by atoms with Gasteiger partial charge in [-0.2, -0.15) is 0 Å². The van der Waals surface area contributed by atoms with Crippen LogP contribution in [0.5, 0.6) is 0 Å². The molecule has 1 nitrogen and oxygen atoms in total. The van der Waals surface area contributed by atoms with Gasteiger partial charge < -0.3 is 5.11 Å². The lowest BCUT2D eigenvalue weighted by molar-refractivity contribution is 0.118. The molecule has 0 spiro atoms. The van der Waals surface area contributed by atoms with Gasteiger partial charge in [0.05, 0.1) is 5.60 Å². The minimum absolute atomic E-state index is 0.108. The highest BCUT2D eigenvalue weighted by atomic mass is 16.3. The topological polar surface area (TPSA) is 20.2 Å². The van der Waals surface area contributed by atoms with E-state index in [2.05, 4.69) is 5.92 Å². The van der Waals surface area contributed by atoms with Crippen LogP contribution < -0.4 is 0 Å². The Kier molecular flexibility index (Phi) is 3.55. The molecule has 0 heterocycles. The lowest BCUT2D eigenvalue weighted by Crippen LogP contribution is -2.22. The summed E-state index contributed by atoms with van der Waals surface area (Å²) < 4.78 is 0. The first-order valence-corrected chi connectivity index (χ1v) is 4.17. The third kappa shape index (κ3) is 2.71. The van der Waals surface area contributed by atoms with E-state index in [0.717, 1.165) is 11.1 Å². The van der Waals surface area contributed by atoms with Crippen molar-refractivity contribution in [1.29, 1.82) is 0 Å². The van der Waals surface area contributed by atoms with E-state index >= 15 is 0 Å². The van der Waals surface area contributed by atoms with Crippen LogP contribution in [-0.4, -0.2) is 10.7 Å². The highest BCUT2D eigenvalue weighted by molar-refractivity contribution is 5.24. The van der Waals surface area contributed by atoms with Crippen LogP contribution in [0, 0.1) is 18.3 Å². The van der Waals surface area contributed by atoms with Gasteiger partial charge in [0.2, 0.25) is 0 Å². The van der Waals surface area contributed by atoms with Gasteiger partial charge in [-0.3, -0.25) is 0 Å². The van der Waals surface area contributed by atoms with Gasteiger partial charge in [0.25, 0.3) is 0 Å². The smallest absolute Gasteiger partial charge is 0.0800 e. The van der Waals surface area contributed by atoms with Crippen LogP contribution in [0.3, 0.4) is 0 Å². The molecule has 0 aromatic rings. The van der Waals surface area contributed by atoms with Crippen LogP contribution in [0.2, 0.25) is 0 Å². The number of rotatable bonds is 2. The van der Waals surface area contributed by atoms with Crippen molar-refractivity contribution in [3.8, 4) is 12.3 Å². The molecule has 0 amide bonds. The first-order chi connectivity index (χ1) is 5.30. The van der Waals surface area contributed by atoms with Crippen molar-refractivity contribution >= 4 is 0 Å². The van der Waals surface area contributed by atoms with Crippen LogP contribution in [-0.2, 0) is 0 Å². The third-order valence-electron chi connectivity index (χ3n) is 2.41. The van der Waals surface area contributed by atoms with E-state index in [0.29, 0.717) is 0 Å².